The molecule has 0 saturated heterocycles. The van der Waals surface area contributed by atoms with Gasteiger partial charge >= 0.3 is 5.97 Å². The molecule has 0 fully saturated rings. The van der Waals surface area contributed by atoms with E-state index in [2.05, 4.69) is 6.07 Å². The standard InChI is InChI=1S/C21H20N2O4/c1-15(21(25)23-11-10-17-4-2-3-5-18(17)13-23)27-20(24)14-26-19-8-6-16(12-22)7-9-19/h2-9,15H,10-11,13-14H2,1H3/t15-/m0/s1. The van der Waals surface area contributed by atoms with E-state index in [1.54, 1.807) is 36.1 Å². The van der Waals surface area contributed by atoms with E-state index in [-0.39, 0.29) is 12.5 Å². The number of esters is 1. The van der Waals surface area contributed by atoms with Crippen molar-refractivity contribution < 1.29 is 19.1 Å². The Labute approximate surface area is 157 Å². The smallest absolute Gasteiger partial charge is 0.344 e. The first-order valence-electron chi connectivity index (χ1n) is 8.75. The molecule has 0 N–H and O–H groups in total. The number of carbonyl (C=O) groups excluding carboxylic acids is 2. The number of hydrogen-bond donors (Lipinski definition) is 0. The topological polar surface area (TPSA) is 79.6 Å². The van der Waals surface area contributed by atoms with Gasteiger partial charge in [-0.2, -0.15) is 5.26 Å². The zero-order chi connectivity index (χ0) is 19.2. The van der Waals surface area contributed by atoms with Gasteiger partial charge in [0.15, 0.2) is 12.7 Å². The summed E-state index contributed by atoms with van der Waals surface area (Å²) in [6, 6.07) is 16.4. The molecule has 6 nitrogen and oxygen atoms in total. The number of ether oxygens (including phenoxy) is 2. The second kappa shape index (κ2) is 8.37. The van der Waals surface area contributed by atoms with Gasteiger partial charge in [-0.1, -0.05) is 24.3 Å². The molecule has 1 atom stereocenters. The minimum atomic E-state index is -0.868. The van der Waals surface area contributed by atoms with Crippen molar-refractivity contribution in [3.05, 3.63) is 65.2 Å². The van der Waals surface area contributed by atoms with E-state index in [0.717, 1.165) is 12.0 Å². The van der Waals surface area contributed by atoms with E-state index >= 15 is 0 Å². The summed E-state index contributed by atoms with van der Waals surface area (Å²) < 4.78 is 10.5. The van der Waals surface area contributed by atoms with Crippen LogP contribution in [0.25, 0.3) is 0 Å². The number of hydrogen-bond acceptors (Lipinski definition) is 5. The molecule has 3 rings (SSSR count). The van der Waals surface area contributed by atoms with Crippen LogP contribution >= 0.6 is 0 Å². The highest BCUT2D eigenvalue weighted by Gasteiger charge is 2.26. The fourth-order valence-electron chi connectivity index (χ4n) is 2.99. The highest BCUT2D eigenvalue weighted by atomic mass is 16.6. The molecule has 0 aromatic heterocycles. The SMILES string of the molecule is C[C@H](OC(=O)COc1ccc(C#N)cc1)C(=O)N1CCc2ccccc2C1. The maximum Gasteiger partial charge on any atom is 0.344 e. The Kier molecular flexibility index (Phi) is 5.72. The monoisotopic (exact) mass is 364 g/mol. The highest BCUT2D eigenvalue weighted by Crippen LogP contribution is 2.19. The van der Waals surface area contributed by atoms with Gasteiger partial charge in [-0.05, 0) is 48.7 Å². The van der Waals surface area contributed by atoms with Gasteiger partial charge < -0.3 is 14.4 Å². The summed E-state index contributed by atoms with van der Waals surface area (Å²) >= 11 is 0. The van der Waals surface area contributed by atoms with Gasteiger partial charge in [-0.15, -0.1) is 0 Å². The van der Waals surface area contributed by atoms with Crippen molar-refractivity contribution >= 4 is 11.9 Å². The van der Waals surface area contributed by atoms with Crippen molar-refractivity contribution in [3.63, 3.8) is 0 Å². The van der Waals surface area contributed by atoms with Crippen LogP contribution < -0.4 is 4.74 Å². The summed E-state index contributed by atoms with van der Waals surface area (Å²) in [5.41, 5.74) is 2.88. The van der Waals surface area contributed by atoms with Crippen molar-refractivity contribution in [2.24, 2.45) is 0 Å². The summed E-state index contributed by atoms with van der Waals surface area (Å²) in [6.45, 7) is 2.41. The predicted molar refractivity (Wildman–Crippen MR) is 97.8 cm³/mol. The van der Waals surface area contributed by atoms with Crippen LogP contribution in [-0.2, 0) is 27.3 Å². The van der Waals surface area contributed by atoms with Crippen LogP contribution in [0.15, 0.2) is 48.5 Å². The molecule has 1 heterocycles. The Morgan fingerprint density at radius 2 is 1.85 bits per heavy atom. The van der Waals surface area contributed by atoms with Crippen molar-refractivity contribution in [1.29, 1.82) is 5.26 Å². The van der Waals surface area contributed by atoms with Gasteiger partial charge in [0.2, 0.25) is 0 Å². The first-order chi connectivity index (χ1) is 13.1. The number of rotatable bonds is 5. The van der Waals surface area contributed by atoms with Crippen LogP contribution in [0, 0.1) is 11.3 Å². The van der Waals surface area contributed by atoms with Crippen LogP contribution in [0.5, 0.6) is 5.75 Å². The molecule has 6 heteroatoms. The molecule has 1 aliphatic heterocycles. The van der Waals surface area contributed by atoms with Crippen molar-refractivity contribution in [2.75, 3.05) is 13.2 Å². The normalized spacial score (nSPS) is 13.9. The van der Waals surface area contributed by atoms with E-state index in [1.807, 2.05) is 24.3 Å². The van der Waals surface area contributed by atoms with E-state index < -0.39 is 12.1 Å². The lowest BCUT2D eigenvalue weighted by Gasteiger charge is -2.30. The van der Waals surface area contributed by atoms with E-state index in [9.17, 15) is 9.59 Å². The number of nitrogens with zero attached hydrogens (tertiary/aromatic N) is 2. The lowest BCUT2D eigenvalue weighted by Crippen LogP contribution is -2.43. The van der Waals surface area contributed by atoms with Gasteiger partial charge in [0.05, 0.1) is 11.6 Å². The predicted octanol–water partition coefficient (Wildman–Crippen LogP) is 2.45. The quantitative estimate of drug-likeness (QED) is 0.762. The van der Waals surface area contributed by atoms with E-state index in [1.165, 1.54) is 5.56 Å². The number of nitriles is 1. The fraction of sp³-hybridized carbons (Fsp3) is 0.286. The van der Waals surface area contributed by atoms with E-state index in [0.29, 0.717) is 24.4 Å². The molecule has 0 aliphatic carbocycles. The molecule has 2 aromatic rings. The van der Waals surface area contributed by atoms with Crippen LogP contribution in [0.1, 0.15) is 23.6 Å². The Morgan fingerprint density at radius 1 is 1.15 bits per heavy atom. The van der Waals surface area contributed by atoms with Gasteiger partial charge in [-0.25, -0.2) is 4.79 Å². The Bertz CT molecular complexity index is 870. The fourth-order valence-corrected chi connectivity index (χ4v) is 2.99. The van der Waals surface area contributed by atoms with Gasteiger partial charge in [0.1, 0.15) is 5.75 Å². The summed E-state index contributed by atoms with van der Waals surface area (Å²) in [4.78, 5) is 26.2. The first-order valence-corrected chi connectivity index (χ1v) is 8.75. The number of amides is 1. The maximum atomic E-state index is 12.6. The third kappa shape index (κ3) is 4.64. The van der Waals surface area contributed by atoms with Gasteiger partial charge in [-0.3, -0.25) is 4.79 Å². The van der Waals surface area contributed by atoms with Crippen molar-refractivity contribution in [3.8, 4) is 11.8 Å². The second-order valence-electron chi connectivity index (χ2n) is 6.34. The van der Waals surface area contributed by atoms with Crippen LogP contribution in [-0.4, -0.2) is 36.0 Å². The number of fused-ring (bicyclic) bond motifs is 1. The van der Waals surface area contributed by atoms with Gasteiger partial charge in [0.25, 0.3) is 5.91 Å². The molecule has 1 amide bonds. The Balaban J connectivity index is 1.49. The van der Waals surface area contributed by atoms with Crippen molar-refractivity contribution in [2.45, 2.75) is 26.0 Å². The molecule has 0 spiro atoms. The third-order valence-electron chi connectivity index (χ3n) is 4.44. The molecule has 138 valence electrons. The molecule has 1 aliphatic rings. The zero-order valence-electron chi connectivity index (χ0n) is 15.1. The van der Waals surface area contributed by atoms with E-state index in [4.69, 9.17) is 14.7 Å². The zero-order valence-corrected chi connectivity index (χ0v) is 15.1. The third-order valence-corrected chi connectivity index (χ3v) is 4.44. The first kappa shape index (κ1) is 18.5. The minimum Gasteiger partial charge on any atom is -0.482 e. The lowest BCUT2D eigenvalue weighted by atomic mass is 9.99. The highest BCUT2D eigenvalue weighted by molar-refractivity contribution is 5.84. The number of carbonyl (C=O) groups is 2. The van der Waals surface area contributed by atoms with Gasteiger partial charge in [0, 0.05) is 13.1 Å². The van der Waals surface area contributed by atoms with Crippen LogP contribution in [0.2, 0.25) is 0 Å². The maximum absolute atomic E-state index is 12.6. The largest absolute Gasteiger partial charge is 0.482 e. The summed E-state index contributed by atoms with van der Waals surface area (Å²) in [5, 5.41) is 8.76. The molecule has 0 saturated carbocycles. The Hall–Kier alpha value is -3.33. The molecule has 0 unspecified atom stereocenters. The molecular formula is C21H20N2O4. The second-order valence-corrected chi connectivity index (χ2v) is 6.34. The van der Waals surface area contributed by atoms with Crippen LogP contribution in [0.4, 0.5) is 0 Å². The Morgan fingerprint density at radius 3 is 2.56 bits per heavy atom. The molecule has 0 radical (unpaired) electrons. The van der Waals surface area contributed by atoms with Crippen LogP contribution in [0.3, 0.4) is 0 Å². The summed E-state index contributed by atoms with van der Waals surface area (Å²) in [7, 11) is 0. The molecular weight excluding hydrogens is 344 g/mol. The molecule has 2 aromatic carbocycles. The summed E-state index contributed by atoms with van der Waals surface area (Å²) in [5.74, 6) is -0.369. The average molecular weight is 364 g/mol. The minimum absolute atomic E-state index is 0.212. The van der Waals surface area contributed by atoms with Crippen molar-refractivity contribution in [1.82, 2.24) is 4.90 Å². The number of benzene rings is 2. The lowest BCUT2D eigenvalue weighted by molar-refractivity contribution is -0.161. The molecule has 0 bridgehead atoms. The molecule has 27 heavy (non-hydrogen) atoms. The summed E-state index contributed by atoms with van der Waals surface area (Å²) in [6.07, 6.45) is -0.0722. The average Bonchev–Trinajstić information content (AvgIpc) is 2.71.